The van der Waals surface area contributed by atoms with Gasteiger partial charge in [-0.2, -0.15) is 15.0 Å². The summed E-state index contributed by atoms with van der Waals surface area (Å²) in [4.78, 5) is 33.9. The monoisotopic (exact) mass is 507 g/mol. The Morgan fingerprint density at radius 1 is 1.11 bits per heavy atom. The molecule has 36 heavy (non-hydrogen) atoms. The summed E-state index contributed by atoms with van der Waals surface area (Å²) in [5, 5.41) is 7.19. The summed E-state index contributed by atoms with van der Waals surface area (Å²) in [6.45, 7) is 8.14. The zero-order valence-electron chi connectivity index (χ0n) is 20.7. The molecule has 1 aromatic heterocycles. The standard InChI is InChI=1S/C26H33N7O2S/c1-18-15-23(28-17-18)29-25-30-24(27-9-2-10-33-11-13-35-14-12-33)31-26(32-25)36-21-7-3-19(4-8-21)16-22(34)20-5-6-20/h3-4,7-8,15,20H,2,5-6,9-14,16-17H2,1H3,(H2,27,28,29,30,31,32). The van der Waals surface area contributed by atoms with Gasteiger partial charge in [0.05, 0.1) is 19.8 Å². The van der Waals surface area contributed by atoms with Gasteiger partial charge in [0, 0.05) is 36.9 Å². The summed E-state index contributed by atoms with van der Waals surface area (Å²) < 4.78 is 5.42. The molecule has 2 aromatic rings. The third-order valence-electron chi connectivity index (χ3n) is 6.32. The Balaban J connectivity index is 1.23. The predicted octanol–water partition coefficient (Wildman–Crippen LogP) is 3.45. The van der Waals surface area contributed by atoms with Crippen LogP contribution in [-0.2, 0) is 16.0 Å². The molecule has 1 saturated heterocycles. The number of anilines is 2. The van der Waals surface area contributed by atoms with Gasteiger partial charge >= 0.3 is 0 Å². The van der Waals surface area contributed by atoms with Gasteiger partial charge in [-0.05, 0) is 73.8 Å². The Kier molecular flexibility index (Phi) is 8.25. The number of carbonyl (C=O) groups excluding carboxylic acids is 1. The van der Waals surface area contributed by atoms with E-state index in [0.717, 1.165) is 74.9 Å². The molecule has 0 spiro atoms. The lowest BCUT2D eigenvalue weighted by atomic mass is 10.1. The highest BCUT2D eigenvalue weighted by Crippen LogP contribution is 2.31. The highest BCUT2D eigenvalue weighted by atomic mass is 32.2. The number of aliphatic imine (C=N–C) groups is 1. The van der Waals surface area contributed by atoms with Gasteiger partial charge in [-0.15, -0.1) is 0 Å². The molecule has 0 amide bonds. The van der Waals surface area contributed by atoms with Crippen molar-refractivity contribution >= 4 is 35.3 Å². The minimum absolute atomic E-state index is 0.290. The number of morpholine rings is 1. The second kappa shape index (κ2) is 11.9. The number of ketones is 1. The molecule has 190 valence electrons. The molecular formula is C26H33N7O2S. The number of hydrogen-bond donors (Lipinski definition) is 2. The average molecular weight is 508 g/mol. The van der Waals surface area contributed by atoms with E-state index < -0.39 is 0 Å². The number of carbonyl (C=O) groups is 1. The van der Waals surface area contributed by atoms with E-state index in [1.807, 2.05) is 30.3 Å². The van der Waals surface area contributed by atoms with E-state index >= 15 is 0 Å². The quantitative estimate of drug-likeness (QED) is 0.443. The normalized spacial score (nSPS) is 18.0. The minimum atomic E-state index is 0.290. The van der Waals surface area contributed by atoms with Crippen LogP contribution in [0.25, 0.3) is 0 Å². The summed E-state index contributed by atoms with van der Waals surface area (Å²) in [6.07, 6.45) is 5.62. The van der Waals surface area contributed by atoms with Crippen LogP contribution >= 0.6 is 11.8 Å². The smallest absolute Gasteiger partial charge is 0.234 e. The lowest BCUT2D eigenvalue weighted by Crippen LogP contribution is -2.37. The van der Waals surface area contributed by atoms with Crippen molar-refractivity contribution in [3.05, 3.63) is 41.5 Å². The molecule has 10 heteroatoms. The first-order chi connectivity index (χ1) is 17.6. The van der Waals surface area contributed by atoms with E-state index in [1.54, 1.807) is 0 Å². The lowest BCUT2D eigenvalue weighted by Gasteiger charge is -2.26. The minimum Gasteiger partial charge on any atom is -0.379 e. The molecule has 0 unspecified atom stereocenters. The van der Waals surface area contributed by atoms with Crippen molar-refractivity contribution in [1.82, 2.24) is 19.9 Å². The molecule has 2 fully saturated rings. The first kappa shape index (κ1) is 24.9. The van der Waals surface area contributed by atoms with Crippen LogP contribution in [0.15, 0.2) is 51.0 Å². The van der Waals surface area contributed by atoms with Crippen molar-refractivity contribution in [3.63, 3.8) is 0 Å². The van der Waals surface area contributed by atoms with E-state index in [1.165, 1.54) is 17.3 Å². The van der Waals surface area contributed by atoms with Gasteiger partial charge in [-0.25, -0.2) is 0 Å². The van der Waals surface area contributed by atoms with Crippen LogP contribution < -0.4 is 10.6 Å². The number of ether oxygens (including phenoxy) is 1. The fourth-order valence-electron chi connectivity index (χ4n) is 4.12. The van der Waals surface area contributed by atoms with Gasteiger partial charge in [-0.3, -0.25) is 14.7 Å². The molecule has 3 heterocycles. The van der Waals surface area contributed by atoms with E-state index in [0.29, 0.717) is 35.8 Å². The maximum absolute atomic E-state index is 12.1. The maximum atomic E-state index is 12.1. The topological polar surface area (TPSA) is 105 Å². The first-order valence-corrected chi connectivity index (χ1v) is 13.5. The van der Waals surface area contributed by atoms with Gasteiger partial charge in [0.2, 0.25) is 11.9 Å². The summed E-state index contributed by atoms with van der Waals surface area (Å²) in [5.74, 6) is 2.42. The number of hydrogen-bond acceptors (Lipinski definition) is 10. The van der Waals surface area contributed by atoms with Gasteiger partial charge in [0.15, 0.2) is 5.16 Å². The number of nitrogens with zero attached hydrogens (tertiary/aromatic N) is 5. The number of aromatic nitrogens is 3. The third-order valence-corrected chi connectivity index (χ3v) is 7.19. The molecule has 5 rings (SSSR count). The molecule has 2 N–H and O–H groups in total. The number of benzene rings is 1. The Morgan fingerprint density at radius 3 is 2.61 bits per heavy atom. The van der Waals surface area contributed by atoms with Crippen LogP contribution in [0.3, 0.4) is 0 Å². The molecule has 1 aliphatic carbocycles. The highest BCUT2D eigenvalue weighted by Gasteiger charge is 2.29. The van der Waals surface area contributed by atoms with Crippen LogP contribution in [0.2, 0.25) is 0 Å². The summed E-state index contributed by atoms with van der Waals surface area (Å²) in [7, 11) is 0. The summed E-state index contributed by atoms with van der Waals surface area (Å²) in [5.41, 5.74) is 2.25. The maximum Gasteiger partial charge on any atom is 0.234 e. The summed E-state index contributed by atoms with van der Waals surface area (Å²) in [6, 6.07) is 8.10. The third kappa shape index (κ3) is 7.35. The lowest BCUT2D eigenvalue weighted by molar-refractivity contribution is -0.119. The Bertz CT molecular complexity index is 1130. The second-order valence-corrected chi connectivity index (χ2v) is 10.5. The second-order valence-electron chi connectivity index (χ2n) is 9.48. The van der Waals surface area contributed by atoms with E-state index in [-0.39, 0.29) is 5.92 Å². The zero-order valence-corrected chi connectivity index (χ0v) is 21.5. The number of nitrogens with one attached hydrogen (secondary N) is 2. The molecule has 0 atom stereocenters. The fourth-order valence-corrected chi connectivity index (χ4v) is 4.87. The van der Waals surface area contributed by atoms with Crippen LogP contribution in [0.4, 0.5) is 11.9 Å². The van der Waals surface area contributed by atoms with Gasteiger partial charge < -0.3 is 15.4 Å². The van der Waals surface area contributed by atoms with Crippen molar-refractivity contribution in [2.45, 2.75) is 42.7 Å². The Labute approximate surface area is 216 Å². The molecule has 0 radical (unpaired) electrons. The Morgan fingerprint density at radius 2 is 1.89 bits per heavy atom. The van der Waals surface area contributed by atoms with Crippen molar-refractivity contribution < 1.29 is 9.53 Å². The van der Waals surface area contributed by atoms with Crippen LogP contribution in [0, 0.1) is 5.92 Å². The largest absolute Gasteiger partial charge is 0.379 e. The predicted molar refractivity (Wildman–Crippen MR) is 142 cm³/mol. The van der Waals surface area contributed by atoms with Gasteiger partial charge in [0.1, 0.15) is 11.6 Å². The molecule has 0 bridgehead atoms. The molecular weight excluding hydrogens is 474 g/mol. The van der Waals surface area contributed by atoms with E-state index in [9.17, 15) is 4.79 Å². The first-order valence-electron chi connectivity index (χ1n) is 12.7. The van der Waals surface area contributed by atoms with E-state index in [4.69, 9.17) is 4.74 Å². The average Bonchev–Trinajstić information content (AvgIpc) is 3.66. The molecule has 1 aromatic carbocycles. The van der Waals surface area contributed by atoms with Crippen molar-refractivity contribution in [3.8, 4) is 0 Å². The van der Waals surface area contributed by atoms with Crippen molar-refractivity contribution in [2.75, 3.05) is 56.6 Å². The number of amidine groups is 1. The molecule has 2 aliphatic heterocycles. The zero-order chi connectivity index (χ0) is 24.7. The fraction of sp³-hybridized carbons (Fsp3) is 0.500. The Hall–Kier alpha value is -2.82. The van der Waals surface area contributed by atoms with Gasteiger partial charge in [0.25, 0.3) is 0 Å². The highest BCUT2D eigenvalue weighted by molar-refractivity contribution is 7.99. The van der Waals surface area contributed by atoms with E-state index in [2.05, 4.69) is 42.4 Å². The number of Topliss-reactive ketones (excluding diaryl/α,β-unsaturated/α-hetero) is 1. The van der Waals surface area contributed by atoms with Crippen LogP contribution in [0.5, 0.6) is 0 Å². The van der Waals surface area contributed by atoms with Crippen molar-refractivity contribution in [1.29, 1.82) is 0 Å². The molecule has 9 nitrogen and oxygen atoms in total. The van der Waals surface area contributed by atoms with Crippen LogP contribution in [0.1, 0.15) is 31.7 Å². The van der Waals surface area contributed by atoms with Gasteiger partial charge in [-0.1, -0.05) is 12.1 Å². The SMILES string of the molecule is CC1=CC(Nc2nc(NCCCN3CCOCC3)nc(Sc3ccc(CC(=O)C4CC4)cc3)n2)=NC1. The molecule has 3 aliphatic rings. The van der Waals surface area contributed by atoms with Crippen LogP contribution in [-0.4, -0.2) is 77.4 Å². The summed E-state index contributed by atoms with van der Waals surface area (Å²) >= 11 is 1.48. The number of rotatable bonds is 11. The van der Waals surface area contributed by atoms with Crippen molar-refractivity contribution in [2.24, 2.45) is 10.9 Å². The molecule has 1 saturated carbocycles.